The van der Waals surface area contributed by atoms with E-state index in [0.717, 1.165) is 11.1 Å². The van der Waals surface area contributed by atoms with Crippen molar-refractivity contribution in [2.24, 2.45) is 4.52 Å². The van der Waals surface area contributed by atoms with Gasteiger partial charge in [0.15, 0.2) is 0 Å². The summed E-state index contributed by atoms with van der Waals surface area (Å²) in [6.45, 7) is 3.57. The van der Waals surface area contributed by atoms with Crippen molar-refractivity contribution in [3.63, 3.8) is 0 Å². The van der Waals surface area contributed by atoms with E-state index >= 15 is 0 Å². The summed E-state index contributed by atoms with van der Waals surface area (Å²) in [7, 11) is -3.93. The van der Waals surface area contributed by atoms with Gasteiger partial charge in [0.1, 0.15) is 0 Å². The first-order valence-corrected chi connectivity index (χ1v) is 7.52. The van der Waals surface area contributed by atoms with E-state index in [1.54, 1.807) is 13.8 Å². The van der Waals surface area contributed by atoms with Crippen LogP contribution in [0.1, 0.15) is 25.0 Å². The molecule has 0 saturated heterocycles. The summed E-state index contributed by atoms with van der Waals surface area (Å²) in [5, 5.41) is 0. The summed E-state index contributed by atoms with van der Waals surface area (Å²) in [6, 6.07) is 7.50. The number of hydrogen-bond donors (Lipinski definition) is 0. The maximum absolute atomic E-state index is 12.0. The maximum atomic E-state index is 12.0. The smallest absolute Gasteiger partial charge is 0.204 e. The Hall–Kier alpha value is -1.56. The Balaban J connectivity index is 2.32. The van der Waals surface area contributed by atoms with Gasteiger partial charge in [-0.15, -0.1) is 0 Å². The molecular weight excluding hydrogens is 264 g/mol. The Labute approximate surface area is 112 Å². The molecular formula is C12H16N4O2S. The molecule has 0 saturated carbocycles. The third-order valence-corrected chi connectivity index (χ3v) is 4.84. The van der Waals surface area contributed by atoms with Gasteiger partial charge in [0, 0.05) is 21.5 Å². The molecule has 0 amide bonds. The zero-order valence-corrected chi connectivity index (χ0v) is 11.7. The van der Waals surface area contributed by atoms with E-state index in [-0.39, 0.29) is 12.1 Å². The molecule has 0 bridgehead atoms. The minimum Gasteiger partial charge on any atom is -0.204 e. The van der Waals surface area contributed by atoms with E-state index in [1.807, 2.05) is 24.3 Å². The van der Waals surface area contributed by atoms with Crippen LogP contribution in [0.3, 0.4) is 0 Å². The summed E-state index contributed by atoms with van der Waals surface area (Å²) in [5.74, 6) is 0. The molecule has 1 aromatic carbocycles. The number of benzene rings is 1. The summed E-state index contributed by atoms with van der Waals surface area (Å²) >= 11 is 0. The van der Waals surface area contributed by atoms with Crippen LogP contribution in [0.15, 0.2) is 28.8 Å². The highest BCUT2D eigenvalue weighted by atomic mass is 32.2. The minimum atomic E-state index is -3.93. The zero-order valence-electron chi connectivity index (χ0n) is 10.9. The second kappa shape index (κ2) is 5.21. The van der Waals surface area contributed by atoms with Gasteiger partial charge < -0.3 is 0 Å². The second-order valence-electron chi connectivity index (χ2n) is 4.90. The van der Waals surface area contributed by atoms with Crippen LogP contribution in [0, 0.1) is 0 Å². The summed E-state index contributed by atoms with van der Waals surface area (Å²) in [4.78, 5) is 2.43. The van der Waals surface area contributed by atoms with Gasteiger partial charge in [0.05, 0.1) is 0 Å². The Morgan fingerprint density at radius 2 is 1.84 bits per heavy atom. The molecule has 1 aliphatic carbocycles. The SMILES string of the molecule is CC(C)N(C1Cc2ccccc2C1)S(=O)(=O)N=[N+]=[N-]. The molecule has 0 unspecified atom stereocenters. The highest BCUT2D eigenvalue weighted by molar-refractivity contribution is 7.87. The average Bonchev–Trinajstić information content (AvgIpc) is 2.70. The number of rotatable bonds is 4. The molecule has 0 aromatic heterocycles. The largest absolute Gasteiger partial charge is 0.303 e. The Kier molecular flexibility index (Phi) is 3.80. The van der Waals surface area contributed by atoms with E-state index in [0.29, 0.717) is 12.8 Å². The Morgan fingerprint density at radius 1 is 1.32 bits per heavy atom. The molecule has 0 heterocycles. The Bertz CT molecular complexity index is 595. The second-order valence-corrected chi connectivity index (χ2v) is 6.38. The summed E-state index contributed by atoms with van der Waals surface area (Å²) in [6.07, 6.45) is 1.32. The Morgan fingerprint density at radius 3 is 2.26 bits per heavy atom. The van der Waals surface area contributed by atoms with Crippen LogP contribution in [-0.4, -0.2) is 24.8 Å². The standard InChI is InChI=1S/C12H16N4O2S/c1-9(2)16(19(17,18)15-14-13)12-7-10-5-3-4-6-11(10)8-12/h3-6,9,12H,7-8H2,1-2H3. The van der Waals surface area contributed by atoms with Gasteiger partial charge in [-0.25, -0.2) is 8.42 Å². The predicted molar refractivity (Wildman–Crippen MR) is 72.7 cm³/mol. The normalized spacial score (nSPS) is 15.6. The molecule has 0 N–H and O–H groups in total. The van der Waals surface area contributed by atoms with E-state index in [9.17, 15) is 8.42 Å². The molecule has 0 atom stereocenters. The molecule has 0 radical (unpaired) electrons. The van der Waals surface area contributed by atoms with Crippen LogP contribution in [0.4, 0.5) is 0 Å². The number of nitrogens with zero attached hydrogens (tertiary/aromatic N) is 4. The first-order valence-electron chi connectivity index (χ1n) is 6.12. The van der Waals surface area contributed by atoms with Crippen LogP contribution < -0.4 is 0 Å². The number of hydrogen-bond acceptors (Lipinski definition) is 2. The lowest BCUT2D eigenvalue weighted by molar-refractivity contribution is 0.279. The fraction of sp³-hybridized carbons (Fsp3) is 0.500. The van der Waals surface area contributed by atoms with Crippen molar-refractivity contribution in [1.82, 2.24) is 4.31 Å². The first-order chi connectivity index (χ1) is 8.95. The van der Waals surface area contributed by atoms with Crippen LogP contribution in [-0.2, 0) is 23.1 Å². The van der Waals surface area contributed by atoms with Crippen molar-refractivity contribution < 1.29 is 8.42 Å². The van der Waals surface area contributed by atoms with Crippen molar-refractivity contribution >= 4 is 10.2 Å². The van der Waals surface area contributed by atoms with Gasteiger partial charge in [-0.3, -0.25) is 0 Å². The third-order valence-electron chi connectivity index (χ3n) is 3.30. The third kappa shape index (κ3) is 2.73. The highest BCUT2D eigenvalue weighted by Crippen LogP contribution is 2.28. The predicted octanol–water partition coefficient (Wildman–Crippen LogP) is 2.42. The molecule has 0 fully saturated rings. The fourth-order valence-electron chi connectivity index (χ4n) is 2.68. The fourth-order valence-corrected chi connectivity index (χ4v) is 3.92. The zero-order chi connectivity index (χ0) is 14.0. The first kappa shape index (κ1) is 13.9. The lowest BCUT2D eigenvalue weighted by Crippen LogP contribution is -2.44. The quantitative estimate of drug-likeness (QED) is 0.482. The molecule has 2 rings (SSSR count). The topological polar surface area (TPSA) is 86.1 Å². The van der Waals surface area contributed by atoms with Crippen LogP contribution in [0.5, 0.6) is 0 Å². The van der Waals surface area contributed by atoms with Gasteiger partial charge in [-0.1, -0.05) is 24.3 Å². The molecule has 0 spiro atoms. The van der Waals surface area contributed by atoms with Gasteiger partial charge >= 0.3 is 10.2 Å². The number of fused-ring (bicyclic) bond motifs is 1. The maximum Gasteiger partial charge on any atom is 0.303 e. The van der Waals surface area contributed by atoms with E-state index in [4.69, 9.17) is 5.53 Å². The monoisotopic (exact) mass is 280 g/mol. The molecule has 7 heteroatoms. The summed E-state index contributed by atoms with van der Waals surface area (Å²) in [5.41, 5.74) is 10.7. The van der Waals surface area contributed by atoms with Gasteiger partial charge in [0.2, 0.25) is 0 Å². The van der Waals surface area contributed by atoms with E-state index in [2.05, 4.69) is 9.43 Å². The van der Waals surface area contributed by atoms with Gasteiger partial charge in [0.25, 0.3) is 0 Å². The molecule has 0 aliphatic heterocycles. The lowest BCUT2D eigenvalue weighted by atomic mass is 10.1. The molecule has 102 valence electrons. The van der Waals surface area contributed by atoms with E-state index in [1.165, 1.54) is 4.31 Å². The summed E-state index contributed by atoms with van der Waals surface area (Å²) < 4.78 is 28.3. The van der Waals surface area contributed by atoms with Gasteiger partial charge in [-0.2, -0.15) is 4.31 Å². The van der Waals surface area contributed by atoms with Crippen molar-refractivity contribution in [3.05, 3.63) is 45.8 Å². The van der Waals surface area contributed by atoms with Crippen LogP contribution >= 0.6 is 0 Å². The lowest BCUT2D eigenvalue weighted by Gasteiger charge is -2.29. The van der Waals surface area contributed by atoms with Gasteiger partial charge in [-0.05, 0) is 43.3 Å². The molecule has 1 aliphatic rings. The number of azide groups is 1. The molecule has 19 heavy (non-hydrogen) atoms. The van der Waals surface area contributed by atoms with Crippen molar-refractivity contribution in [3.8, 4) is 0 Å². The average molecular weight is 280 g/mol. The van der Waals surface area contributed by atoms with Crippen molar-refractivity contribution in [2.75, 3.05) is 0 Å². The minimum absolute atomic E-state index is 0.173. The van der Waals surface area contributed by atoms with Crippen LogP contribution in [0.2, 0.25) is 0 Å². The van der Waals surface area contributed by atoms with Crippen molar-refractivity contribution in [1.29, 1.82) is 0 Å². The molecule has 1 aromatic rings. The molecule has 6 nitrogen and oxygen atoms in total. The highest BCUT2D eigenvalue weighted by Gasteiger charge is 2.35. The van der Waals surface area contributed by atoms with Crippen molar-refractivity contribution in [2.45, 2.75) is 38.8 Å². The van der Waals surface area contributed by atoms with E-state index < -0.39 is 10.2 Å². The van der Waals surface area contributed by atoms with Crippen LogP contribution in [0.25, 0.3) is 10.4 Å².